The highest BCUT2D eigenvalue weighted by atomic mass is 16.6. The fourth-order valence-corrected chi connectivity index (χ4v) is 3.81. The second-order valence-electron chi connectivity index (χ2n) is 7.19. The molecule has 4 heterocycles. The molecule has 0 saturated heterocycles. The average Bonchev–Trinajstić information content (AvgIpc) is 3.33. The SMILES string of the molecule is O=C(NCc1nnc2n1CCCCC2)c1cn[nH]c1-c1ccc2c(c1)OCCO2. The Kier molecular flexibility index (Phi) is 4.63. The molecule has 2 aliphatic rings. The molecule has 2 aromatic heterocycles. The number of aromatic nitrogens is 5. The Balaban J connectivity index is 1.33. The van der Waals surface area contributed by atoms with Gasteiger partial charge in [-0.05, 0) is 31.0 Å². The summed E-state index contributed by atoms with van der Waals surface area (Å²) in [7, 11) is 0. The van der Waals surface area contributed by atoms with Gasteiger partial charge in [-0.2, -0.15) is 5.10 Å². The lowest BCUT2D eigenvalue weighted by Gasteiger charge is -2.18. The first kappa shape index (κ1) is 17.7. The van der Waals surface area contributed by atoms with Crippen LogP contribution in [-0.4, -0.2) is 44.1 Å². The topological polar surface area (TPSA) is 107 Å². The molecule has 0 radical (unpaired) electrons. The number of benzene rings is 1. The van der Waals surface area contributed by atoms with E-state index >= 15 is 0 Å². The van der Waals surface area contributed by atoms with Crippen LogP contribution >= 0.6 is 0 Å². The van der Waals surface area contributed by atoms with Gasteiger partial charge in [0.1, 0.15) is 19.0 Å². The van der Waals surface area contributed by atoms with Crippen LogP contribution in [0.1, 0.15) is 41.3 Å². The zero-order valence-corrected chi connectivity index (χ0v) is 16.0. The van der Waals surface area contributed by atoms with Crippen LogP contribution in [0.4, 0.5) is 0 Å². The largest absolute Gasteiger partial charge is 0.486 e. The number of hydrogen-bond acceptors (Lipinski definition) is 6. The van der Waals surface area contributed by atoms with Crippen LogP contribution in [-0.2, 0) is 19.5 Å². The predicted molar refractivity (Wildman–Crippen MR) is 104 cm³/mol. The lowest BCUT2D eigenvalue weighted by atomic mass is 10.1. The molecular weight excluding hydrogens is 372 g/mol. The standard InChI is InChI=1S/C20H22N6O3/c27-20(21-12-18-24-23-17-4-2-1-3-7-26(17)18)14-11-22-25-19(14)13-5-6-15-16(10-13)29-9-8-28-15/h5-6,10-11H,1-4,7-9,12H2,(H,21,27)(H,22,25). The monoisotopic (exact) mass is 394 g/mol. The highest BCUT2D eigenvalue weighted by Crippen LogP contribution is 2.34. The third-order valence-corrected chi connectivity index (χ3v) is 5.31. The smallest absolute Gasteiger partial charge is 0.255 e. The van der Waals surface area contributed by atoms with Gasteiger partial charge in [-0.3, -0.25) is 9.89 Å². The quantitative estimate of drug-likeness (QED) is 0.702. The minimum Gasteiger partial charge on any atom is -0.486 e. The van der Waals surface area contributed by atoms with Gasteiger partial charge in [-0.1, -0.05) is 6.42 Å². The molecule has 2 N–H and O–H groups in total. The molecule has 0 fully saturated rings. The van der Waals surface area contributed by atoms with Crippen molar-refractivity contribution in [2.75, 3.05) is 13.2 Å². The molecule has 150 valence electrons. The first-order valence-corrected chi connectivity index (χ1v) is 9.92. The first-order valence-electron chi connectivity index (χ1n) is 9.92. The number of amides is 1. The Morgan fingerprint density at radius 2 is 2.03 bits per heavy atom. The van der Waals surface area contributed by atoms with Crippen molar-refractivity contribution in [2.24, 2.45) is 0 Å². The maximum atomic E-state index is 12.8. The van der Waals surface area contributed by atoms with E-state index in [2.05, 4.69) is 30.3 Å². The van der Waals surface area contributed by atoms with Gasteiger partial charge >= 0.3 is 0 Å². The average molecular weight is 394 g/mol. The first-order chi connectivity index (χ1) is 14.3. The molecule has 9 heteroatoms. The van der Waals surface area contributed by atoms with E-state index in [0.717, 1.165) is 43.0 Å². The van der Waals surface area contributed by atoms with E-state index in [0.29, 0.717) is 42.5 Å². The predicted octanol–water partition coefficient (Wildman–Crippen LogP) is 2.10. The number of nitrogens with one attached hydrogen (secondary N) is 2. The summed E-state index contributed by atoms with van der Waals surface area (Å²) in [5, 5.41) is 18.5. The van der Waals surface area contributed by atoms with E-state index in [-0.39, 0.29) is 5.91 Å². The summed E-state index contributed by atoms with van der Waals surface area (Å²) in [6.45, 7) is 2.28. The molecular formula is C20H22N6O3. The van der Waals surface area contributed by atoms with E-state index < -0.39 is 0 Å². The maximum Gasteiger partial charge on any atom is 0.255 e. The second-order valence-corrected chi connectivity index (χ2v) is 7.19. The van der Waals surface area contributed by atoms with Crippen molar-refractivity contribution < 1.29 is 14.3 Å². The van der Waals surface area contributed by atoms with Gasteiger partial charge in [0.05, 0.1) is 24.0 Å². The van der Waals surface area contributed by atoms with E-state index in [1.165, 1.54) is 12.6 Å². The van der Waals surface area contributed by atoms with Crippen molar-refractivity contribution in [1.29, 1.82) is 0 Å². The van der Waals surface area contributed by atoms with Crippen LogP contribution in [0.3, 0.4) is 0 Å². The summed E-state index contributed by atoms with van der Waals surface area (Å²) in [6, 6.07) is 5.59. The van der Waals surface area contributed by atoms with Gasteiger partial charge in [0.15, 0.2) is 17.3 Å². The van der Waals surface area contributed by atoms with Crippen LogP contribution in [0.15, 0.2) is 24.4 Å². The van der Waals surface area contributed by atoms with Crippen LogP contribution in [0.25, 0.3) is 11.3 Å². The van der Waals surface area contributed by atoms with Gasteiger partial charge < -0.3 is 19.4 Å². The molecule has 0 spiro atoms. The third kappa shape index (κ3) is 3.43. The molecule has 1 amide bonds. The Morgan fingerprint density at radius 3 is 2.97 bits per heavy atom. The Morgan fingerprint density at radius 1 is 1.14 bits per heavy atom. The molecule has 0 saturated carbocycles. The molecule has 0 bridgehead atoms. The summed E-state index contributed by atoms with van der Waals surface area (Å²) in [5.41, 5.74) is 1.92. The number of H-pyrrole nitrogens is 1. The van der Waals surface area contributed by atoms with Crippen molar-refractivity contribution in [3.05, 3.63) is 41.6 Å². The van der Waals surface area contributed by atoms with Gasteiger partial charge in [0.25, 0.3) is 5.91 Å². The summed E-state index contributed by atoms with van der Waals surface area (Å²) in [6.07, 6.45) is 5.92. The molecule has 9 nitrogen and oxygen atoms in total. The fraction of sp³-hybridized carbons (Fsp3) is 0.400. The number of carbonyl (C=O) groups excluding carboxylic acids is 1. The molecule has 0 aliphatic carbocycles. The van der Waals surface area contributed by atoms with Crippen LogP contribution in [0.5, 0.6) is 11.5 Å². The Labute approximate surface area is 167 Å². The number of aryl methyl sites for hydroxylation is 1. The summed E-state index contributed by atoms with van der Waals surface area (Å²) in [4.78, 5) is 12.8. The number of carbonyl (C=O) groups is 1. The van der Waals surface area contributed by atoms with Gasteiger partial charge in [-0.15, -0.1) is 10.2 Å². The molecule has 29 heavy (non-hydrogen) atoms. The number of ether oxygens (including phenoxy) is 2. The van der Waals surface area contributed by atoms with Crippen molar-refractivity contribution in [1.82, 2.24) is 30.3 Å². The fourth-order valence-electron chi connectivity index (χ4n) is 3.81. The van der Waals surface area contributed by atoms with Crippen LogP contribution < -0.4 is 14.8 Å². The van der Waals surface area contributed by atoms with Crippen molar-refractivity contribution >= 4 is 5.91 Å². The van der Waals surface area contributed by atoms with Gasteiger partial charge in [0, 0.05) is 18.5 Å². The molecule has 0 atom stereocenters. The van der Waals surface area contributed by atoms with Gasteiger partial charge in [0.2, 0.25) is 0 Å². The summed E-state index contributed by atoms with van der Waals surface area (Å²) in [5.74, 6) is 2.96. The van der Waals surface area contributed by atoms with Gasteiger partial charge in [-0.25, -0.2) is 0 Å². The van der Waals surface area contributed by atoms with E-state index in [4.69, 9.17) is 9.47 Å². The summed E-state index contributed by atoms with van der Waals surface area (Å²) >= 11 is 0. The zero-order valence-electron chi connectivity index (χ0n) is 16.0. The molecule has 0 unspecified atom stereocenters. The third-order valence-electron chi connectivity index (χ3n) is 5.31. The highest BCUT2D eigenvalue weighted by molar-refractivity contribution is 5.99. The van der Waals surface area contributed by atoms with Crippen LogP contribution in [0, 0.1) is 0 Å². The van der Waals surface area contributed by atoms with Crippen LogP contribution in [0.2, 0.25) is 0 Å². The lowest BCUT2D eigenvalue weighted by molar-refractivity contribution is 0.0950. The minimum atomic E-state index is -0.213. The minimum absolute atomic E-state index is 0.213. The lowest BCUT2D eigenvalue weighted by Crippen LogP contribution is -2.25. The number of hydrogen-bond donors (Lipinski definition) is 2. The Bertz CT molecular complexity index is 1040. The van der Waals surface area contributed by atoms with E-state index in [1.807, 2.05) is 18.2 Å². The molecule has 5 rings (SSSR count). The molecule has 2 aliphatic heterocycles. The van der Waals surface area contributed by atoms with Crippen molar-refractivity contribution in [3.8, 4) is 22.8 Å². The normalized spacial score (nSPS) is 15.4. The van der Waals surface area contributed by atoms with Crippen molar-refractivity contribution in [2.45, 2.75) is 38.8 Å². The second kappa shape index (κ2) is 7.57. The zero-order chi connectivity index (χ0) is 19.6. The van der Waals surface area contributed by atoms with Crippen molar-refractivity contribution in [3.63, 3.8) is 0 Å². The molecule has 1 aromatic carbocycles. The highest BCUT2D eigenvalue weighted by Gasteiger charge is 2.20. The Hall–Kier alpha value is -3.36. The van der Waals surface area contributed by atoms with E-state index in [9.17, 15) is 4.79 Å². The number of fused-ring (bicyclic) bond motifs is 2. The number of aromatic amines is 1. The number of rotatable bonds is 4. The number of nitrogens with zero attached hydrogens (tertiary/aromatic N) is 4. The van der Waals surface area contributed by atoms with E-state index in [1.54, 1.807) is 0 Å². The summed E-state index contributed by atoms with van der Waals surface area (Å²) < 4.78 is 13.3. The maximum absolute atomic E-state index is 12.8. The molecule has 3 aromatic rings.